The van der Waals surface area contributed by atoms with Crippen molar-refractivity contribution in [2.45, 2.75) is 13.8 Å². The Hall–Kier alpha value is -11.1. The van der Waals surface area contributed by atoms with Gasteiger partial charge < -0.3 is 0 Å². The molecule has 15 rings (SSSR count). The van der Waals surface area contributed by atoms with Gasteiger partial charge in [0.1, 0.15) is 0 Å². The summed E-state index contributed by atoms with van der Waals surface area (Å²) in [6, 6.07) is 96.7. The van der Waals surface area contributed by atoms with Gasteiger partial charge in [0.25, 0.3) is 0 Å². The second kappa shape index (κ2) is 33.3. The summed E-state index contributed by atoms with van der Waals surface area (Å²) in [5.41, 5.74) is 25.3. The molecule has 0 saturated carbocycles. The molecule has 0 aliphatic rings. The van der Waals surface area contributed by atoms with Crippen molar-refractivity contribution < 1.29 is 89.3 Å². The molecule has 0 aliphatic carbocycles. The zero-order valence-corrected chi connectivity index (χ0v) is 61.9. The molecule has 15 aromatic rings. The van der Waals surface area contributed by atoms with Crippen LogP contribution < -0.4 is 0 Å². The molecular formula is C82H58F12N10P2Ru2. The molecule has 0 aliphatic heterocycles. The van der Waals surface area contributed by atoms with Crippen LogP contribution in [-0.4, -0.2) is 49.8 Å². The van der Waals surface area contributed by atoms with Crippen LogP contribution in [0.5, 0.6) is 0 Å². The van der Waals surface area contributed by atoms with Gasteiger partial charge in [0.2, 0.25) is 0 Å². The van der Waals surface area contributed by atoms with Crippen molar-refractivity contribution in [3.8, 4) is 135 Å². The number of benzene rings is 5. The first-order valence-electron chi connectivity index (χ1n) is 32.2. The molecule has 0 spiro atoms. The van der Waals surface area contributed by atoms with Gasteiger partial charge in [0, 0.05) is 72.4 Å². The van der Waals surface area contributed by atoms with Crippen LogP contribution in [0.2, 0.25) is 0 Å². The molecule has 10 nitrogen and oxygen atoms in total. The maximum atomic E-state index is 9.87. The number of hydrogen-bond donors (Lipinski definition) is 0. The van der Waals surface area contributed by atoms with Crippen molar-refractivity contribution in [3.63, 3.8) is 0 Å². The van der Waals surface area contributed by atoms with Gasteiger partial charge in [-0.05, 0) is 150 Å². The van der Waals surface area contributed by atoms with E-state index in [9.17, 15) is 50.4 Å². The fourth-order valence-electron chi connectivity index (χ4n) is 10.5. The molecule has 0 N–H and O–H groups in total. The molecule has 108 heavy (non-hydrogen) atoms. The van der Waals surface area contributed by atoms with Crippen LogP contribution in [0.4, 0.5) is 50.4 Å². The second-order valence-corrected chi connectivity index (χ2v) is 27.4. The SMILES string of the molecule is Cc1ccc(-c2cc(-c3ccccn3)nc(-c3ccccn3)c2)cc1.Cc1ccc(-c2cc(-c3ccccn3)nc(-c3ccccn3)c2)cc1.F[P-](F)(F)(F)(F)F.F[P-](F)(F)(F)(F)F.[Ru+2].[Ru+2].[c-]1c(-c2ccccn2)cc(-c2cccc(-c3cc(-c4ccccn4)[c-]c(-c4ccccn4)c3)c2)cc1-c1ccccn1. The molecule has 5 aromatic carbocycles. The zero-order chi connectivity index (χ0) is 75.1. The van der Waals surface area contributed by atoms with E-state index in [0.29, 0.717) is 0 Å². The standard InChI is InChI=1S/C38H24N4.2C22H17N3.2F6P.2Ru/c1-5-16-39-35(12-1)31-21-29(22-32(25-31)36-13-2-6-17-40-36)27-10-9-11-28(20-27)30-23-33(37-14-3-7-18-41-37)26-34(24-30)38-15-4-8-19-42-38;2*1-16-8-10-17(11-9-16)18-14-21(19-6-2-4-12-23-19)25-22(15-18)20-7-3-5-13-24-20;2*1-7(2,3,4,5)6;;/h1-24H;2*2-15H,1H3;;;;/q-2;;;2*-1;2*+2. The summed E-state index contributed by atoms with van der Waals surface area (Å²) >= 11 is 0. The molecule has 0 saturated heterocycles. The van der Waals surface area contributed by atoms with Crippen LogP contribution in [-0.2, 0) is 39.0 Å². The van der Waals surface area contributed by atoms with Crippen LogP contribution in [0.1, 0.15) is 11.1 Å². The Kier molecular flexibility index (Phi) is 25.0. The molecule has 0 fully saturated rings. The van der Waals surface area contributed by atoms with Gasteiger partial charge in [-0.15, -0.1) is 36.4 Å². The van der Waals surface area contributed by atoms with E-state index in [-0.39, 0.29) is 39.0 Å². The van der Waals surface area contributed by atoms with Crippen LogP contribution >= 0.6 is 15.6 Å². The largest absolute Gasteiger partial charge is 2.00 e. The number of aromatic nitrogens is 10. The average molecular weight is 1680 g/mol. The van der Waals surface area contributed by atoms with Gasteiger partial charge in [-0.1, -0.05) is 184 Å². The first-order valence-corrected chi connectivity index (χ1v) is 36.2. The van der Waals surface area contributed by atoms with E-state index in [1.165, 1.54) is 11.1 Å². The molecule has 0 amide bonds. The first-order chi connectivity index (χ1) is 50.3. The summed E-state index contributed by atoms with van der Waals surface area (Å²) in [7, 11) is -21.3. The topological polar surface area (TPSA) is 129 Å². The Morgan fingerprint density at radius 1 is 0.204 bits per heavy atom. The van der Waals surface area contributed by atoms with Crippen molar-refractivity contribution in [1.29, 1.82) is 0 Å². The zero-order valence-electron chi connectivity index (χ0n) is 56.6. The van der Waals surface area contributed by atoms with Crippen molar-refractivity contribution >= 4 is 15.6 Å². The number of hydrogen-bond acceptors (Lipinski definition) is 10. The number of rotatable bonds is 12. The Morgan fingerprint density at radius 2 is 0.407 bits per heavy atom. The number of nitrogens with zero attached hydrogens (tertiary/aromatic N) is 10. The van der Waals surface area contributed by atoms with Crippen molar-refractivity contribution in [1.82, 2.24) is 49.8 Å². The van der Waals surface area contributed by atoms with Crippen molar-refractivity contribution in [3.05, 3.63) is 340 Å². The van der Waals surface area contributed by atoms with Gasteiger partial charge in [-0.2, -0.15) is 0 Å². The Labute approximate surface area is 639 Å². The summed E-state index contributed by atoms with van der Waals surface area (Å²) in [4.78, 5) is 45.8. The quantitative estimate of drug-likeness (QED) is 0.0504. The van der Waals surface area contributed by atoms with E-state index in [2.05, 4.69) is 187 Å². The van der Waals surface area contributed by atoms with Crippen LogP contribution in [0.15, 0.2) is 316 Å². The van der Waals surface area contributed by atoms with Crippen LogP contribution in [0.3, 0.4) is 0 Å². The van der Waals surface area contributed by atoms with Gasteiger partial charge in [-0.25, -0.2) is 9.97 Å². The fraction of sp³-hybridized carbons (Fsp3) is 0.0244. The van der Waals surface area contributed by atoms with E-state index in [0.717, 1.165) is 135 Å². The molecule has 0 radical (unpaired) electrons. The molecular weight excluding hydrogens is 1620 g/mol. The average Bonchev–Trinajstić information content (AvgIpc) is 0.773. The molecule has 10 aromatic heterocycles. The third kappa shape index (κ3) is 26.1. The van der Waals surface area contributed by atoms with Crippen molar-refractivity contribution in [2.24, 2.45) is 0 Å². The van der Waals surface area contributed by atoms with E-state index < -0.39 is 15.6 Å². The van der Waals surface area contributed by atoms with E-state index in [1.54, 1.807) is 24.8 Å². The molecule has 0 atom stereocenters. The Balaban J connectivity index is 0.000000176. The number of pyridine rings is 10. The smallest absolute Gasteiger partial charge is 0.295 e. The molecule has 26 heteroatoms. The monoisotopic (exact) mass is 1680 g/mol. The van der Waals surface area contributed by atoms with Gasteiger partial charge >= 0.3 is 105 Å². The van der Waals surface area contributed by atoms with Gasteiger partial charge in [0.05, 0.1) is 45.6 Å². The Morgan fingerprint density at radius 3 is 0.611 bits per heavy atom. The first kappa shape index (κ1) is 81.0. The molecule has 0 bridgehead atoms. The maximum Gasteiger partial charge on any atom is 2.00 e. The van der Waals surface area contributed by atoms with Crippen LogP contribution in [0.25, 0.3) is 135 Å². The summed E-state index contributed by atoms with van der Waals surface area (Å²) in [5, 5.41) is 0. The van der Waals surface area contributed by atoms with Crippen molar-refractivity contribution in [2.75, 3.05) is 0 Å². The van der Waals surface area contributed by atoms with Crippen LogP contribution in [0, 0.1) is 26.0 Å². The second-order valence-electron chi connectivity index (χ2n) is 23.6. The van der Waals surface area contributed by atoms with E-state index >= 15 is 0 Å². The van der Waals surface area contributed by atoms with Gasteiger partial charge in [-0.3, -0.25) is 39.9 Å². The molecule has 0 unspecified atom stereocenters. The number of halogens is 12. The minimum Gasteiger partial charge on any atom is -0.295 e. The minimum absolute atomic E-state index is 0. The summed E-state index contributed by atoms with van der Waals surface area (Å²) < 4.78 is 118. The third-order valence-corrected chi connectivity index (χ3v) is 15.2. The van der Waals surface area contributed by atoms with E-state index in [1.807, 2.05) is 170 Å². The fourth-order valence-corrected chi connectivity index (χ4v) is 10.5. The predicted molar refractivity (Wildman–Crippen MR) is 397 cm³/mol. The molecule has 546 valence electrons. The Bertz CT molecular complexity index is 4860. The van der Waals surface area contributed by atoms with Gasteiger partial charge in [0.15, 0.2) is 0 Å². The summed E-state index contributed by atoms with van der Waals surface area (Å²) in [6.45, 7) is 4.18. The third-order valence-electron chi connectivity index (χ3n) is 15.2. The number of aryl methyl sites for hydroxylation is 2. The summed E-state index contributed by atoms with van der Waals surface area (Å²) in [6.07, 6.45) is 14.4. The van der Waals surface area contributed by atoms with E-state index in [4.69, 9.17) is 9.97 Å². The summed E-state index contributed by atoms with van der Waals surface area (Å²) in [5.74, 6) is 0. The molecule has 10 heterocycles. The minimum atomic E-state index is -10.7. The normalized spacial score (nSPS) is 12.1. The predicted octanol–water partition coefficient (Wildman–Crippen LogP) is 26.0. The maximum absolute atomic E-state index is 10.7.